The first-order valence-electron chi connectivity index (χ1n) is 7.85. The minimum atomic E-state index is 0. The average Bonchev–Trinajstić information content (AvgIpc) is 3.03. The van der Waals surface area contributed by atoms with Gasteiger partial charge in [-0.2, -0.15) is 11.8 Å². The molecule has 2 fully saturated rings. The molecule has 0 radical (unpaired) electrons. The topological polar surface area (TPSA) is 44.9 Å². The van der Waals surface area contributed by atoms with E-state index in [1.54, 1.807) is 0 Å². The van der Waals surface area contributed by atoms with E-state index in [-0.39, 0.29) is 24.0 Å². The van der Waals surface area contributed by atoms with Crippen LogP contribution in [0.5, 0.6) is 0 Å². The molecule has 23 heavy (non-hydrogen) atoms. The van der Waals surface area contributed by atoms with Gasteiger partial charge in [0.1, 0.15) is 0 Å². The second-order valence-corrected chi connectivity index (χ2v) is 8.02. The number of benzene rings is 1. The SMILES string of the molecule is I.NC(=NCC1CCN(c2ccc(Br)cc2)C1)N1CCSCC1. The number of anilines is 1. The van der Waals surface area contributed by atoms with Crippen LogP contribution in [0.4, 0.5) is 5.69 Å². The molecule has 1 unspecified atom stereocenters. The van der Waals surface area contributed by atoms with E-state index in [4.69, 9.17) is 5.73 Å². The Balaban J connectivity index is 0.00000192. The normalized spacial score (nSPS) is 22.1. The molecule has 1 aromatic rings. The molecule has 3 rings (SSSR count). The average molecular weight is 511 g/mol. The predicted octanol–water partition coefficient (Wildman–Crippen LogP) is 3.26. The fourth-order valence-corrected chi connectivity index (χ4v) is 4.15. The van der Waals surface area contributed by atoms with E-state index in [1.807, 2.05) is 11.8 Å². The van der Waals surface area contributed by atoms with Gasteiger partial charge in [0.15, 0.2) is 5.96 Å². The molecule has 2 N–H and O–H groups in total. The van der Waals surface area contributed by atoms with Crippen molar-refractivity contribution in [2.45, 2.75) is 6.42 Å². The number of hydrogen-bond acceptors (Lipinski definition) is 3. The van der Waals surface area contributed by atoms with Crippen molar-refractivity contribution in [3.63, 3.8) is 0 Å². The van der Waals surface area contributed by atoms with E-state index in [2.05, 4.69) is 55.0 Å². The van der Waals surface area contributed by atoms with Crippen LogP contribution in [0.25, 0.3) is 0 Å². The molecular weight excluding hydrogens is 487 g/mol. The molecule has 2 aliphatic heterocycles. The van der Waals surface area contributed by atoms with Gasteiger partial charge in [-0.05, 0) is 36.6 Å². The summed E-state index contributed by atoms with van der Waals surface area (Å²) in [6.07, 6.45) is 1.20. The van der Waals surface area contributed by atoms with E-state index in [0.717, 1.165) is 54.7 Å². The summed E-state index contributed by atoms with van der Waals surface area (Å²) >= 11 is 5.48. The summed E-state index contributed by atoms with van der Waals surface area (Å²) in [7, 11) is 0. The molecule has 2 heterocycles. The van der Waals surface area contributed by atoms with Gasteiger partial charge in [0.05, 0.1) is 0 Å². The van der Waals surface area contributed by atoms with E-state index < -0.39 is 0 Å². The van der Waals surface area contributed by atoms with Gasteiger partial charge >= 0.3 is 0 Å². The quantitative estimate of drug-likeness (QED) is 0.385. The first-order chi connectivity index (χ1) is 10.7. The van der Waals surface area contributed by atoms with Crippen molar-refractivity contribution in [2.24, 2.45) is 16.6 Å². The summed E-state index contributed by atoms with van der Waals surface area (Å²) in [5.74, 6) is 3.68. The largest absolute Gasteiger partial charge is 0.371 e. The molecule has 0 bridgehead atoms. The van der Waals surface area contributed by atoms with Crippen LogP contribution < -0.4 is 10.6 Å². The third-order valence-corrected chi connectivity index (χ3v) is 5.80. The summed E-state index contributed by atoms with van der Waals surface area (Å²) in [6, 6.07) is 8.56. The standard InChI is InChI=1S/C16H23BrN4S.HI/c17-14-1-3-15(4-2-14)21-6-5-13(12-21)11-19-16(18)20-7-9-22-10-8-20;/h1-4,13H,5-12H2,(H2,18,19);1H. The van der Waals surface area contributed by atoms with Crippen LogP contribution >= 0.6 is 51.7 Å². The van der Waals surface area contributed by atoms with Gasteiger partial charge < -0.3 is 15.5 Å². The zero-order valence-corrected chi connectivity index (χ0v) is 17.9. The minimum Gasteiger partial charge on any atom is -0.371 e. The summed E-state index contributed by atoms with van der Waals surface area (Å²) in [5, 5.41) is 0. The molecule has 1 atom stereocenters. The molecule has 4 nitrogen and oxygen atoms in total. The summed E-state index contributed by atoms with van der Waals surface area (Å²) in [5.41, 5.74) is 7.44. The maximum atomic E-state index is 6.14. The van der Waals surface area contributed by atoms with Crippen LogP contribution in [0.3, 0.4) is 0 Å². The molecule has 0 saturated carbocycles. The smallest absolute Gasteiger partial charge is 0.191 e. The second kappa shape index (κ2) is 9.36. The van der Waals surface area contributed by atoms with Crippen LogP contribution in [0.1, 0.15) is 6.42 Å². The van der Waals surface area contributed by atoms with Gasteiger partial charge in [0.2, 0.25) is 0 Å². The first-order valence-corrected chi connectivity index (χ1v) is 9.80. The molecule has 0 aromatic heterocycles. The Bertz CT molecular complexity index is 519. The van der Waals surface area contributed by atoms with Crippen molar-refractivity contribution in [3.8, 4) is 0 Å². The molecule has 2 saturated heterocycles. The fraction of sp³-hybridized carbons (Fsp3) is 0.562. The first kappa shape index (κ1) is 19.2. The van der Waals surface area contributed by atoms with Gasteiger partial charge in [0, 0.05) is 54.4 Å². The lowest BCUT2D eigenvalue weighted by Crippen LogP contribution is -2.43. The van der Waals surface area contributed by atoms with E-state index in [0.29, 0.717) is 5.92 Å². The summed E-state index contributed by atoms with van der Waals surface area (Å²) in [6.45, 7) is 5.12. The monoisotopic (exact) mass is 510 g/mol. The van der Waals surface area contributed by atoms with Gasteiger partial charge in [-0.15, -0.1) is 24.0 Å². The van der Waals surface area contributed by atoms with Crippen LogP contribution in [0, 0.1) is 5.92 Å². The number of halogens is 2. The Morgan fingerprint density at radius 2 is 1.91 bits per heavy atom. The van der Waals surface area contributed by atoms with Crippen molar-refractivity contribution in [2.75, 3.05) is 49.1 Å². The van der Waals surface area contributed by atoms with E-state index in [1.165, 1.54) is 12.1 Å². The van der Waals surface area contributed by atoms with E-state index in [9.17, 15) is 0 Å². The number of hydrogen-bond donors (Lipinski definition) is 1. The van der Waals surface area contributed by atoms with E-state index >= 15 is 0 Å². The molecule has 0 amide bonds. The Kier molecular flexibility index (Phi) is 7.81. The van der Waals surface area contributed by atoms with Crippen LogP contribution in [-0.4, -0.2) is 55.1 Å². The minimum absolute atomic E-state index is 0. The number of thioether (sulfide) groups is 1. The third kappa shape index (κ3) is 5.42. The van der Waals surface area contributed by atoms with Crippen molar-refractivity contribution < 1.29 is 0 Å². The fourth-order valence-electron chi connectivity index (χ4n) is 2.98. The lowest BCUT2D eigenvalue weighted by Gasteiger charge is -2.27. The van der Waals surface area contributed by atoms with Gasteiger partial charge in [0.25, 0.3) is 0 Å². The van der Waals surface area contributed by atoms with Gasteiger partial charge in [-0.25, -0.2) is 0 Å². The second-order valence-electron chi connectivity index (χ2n) is 5.88. The van der Waals surface area contributed by atoms with Crippen LogP contribution in [-0.2, 0) is 0 Å². The highest BCUT2D eigenvalue weighted by molar-refractivity contribution is 14.0. The number of nitrogens with zero attached hydrogens (tertiary/aromatic N) is 3. The Hall–Kier alpha value is -0.150. The van der Waals surface area contributed by atoms with Crippen molar-refractivity contribution in [3.05, 3.63) is 28.7 Å². The maximum Gasteiger partial charge on any atom is 0.191 e. The lowest BCUT2D eigenvalue weighted by atomic mass is 10.1. The number of rotatable bonds is 3. The van der Waals surface area contributed by atoms with Crippen molar-refractivity contribution in [1.29, 1.82) is 0 Å². The zero-order chi connectivity index (χ0) is 15.4. The lowest BCUT2D eigenvalue weighted by molar-refractivity contribution is 0.452. The van der Waals surface area contributed by atoms with Crippen LogP contribution in [0.2, 0.25) is 0 Å². The highest BCUT2D eigenvalue weighted by atomic mass is 127. The molecule has 7 heteroatoms. The molecule has 0 spiro atoms. The predicted molar refractivity (Wildman–Crippen MR) is 115 cm³/mol. The molecule has 2 aliphatic rings. The number of nitrogens with two attached hydrogens (primary N) is 1. The zero-order valence-electron chi connectivity index (χ0n) is 13.2. The molecule has 128 valence electrons. The van der Waals surface area contributed by atoms with Crippen molar-refractivity contribution >= 4 is 63.3 Å². The van der Waals surface area contributed by atoms with Gasteiger partial charge in [-0.3, -0.25) is 4.99 Å². The Morgan fingerprint density at radius 1 is 1.22 bits per heavy atom. The molecule has 0 aliphatic carbocycles. The van der Waals surface area contributed by atoms with Crippen LogP contribution in [0.15, 0.2) is 33.7 Å². The summed E-state index contributed by atoms with van der Waals surface area (Å²) < 4.78 is 1.13. The molecular formula is C16H24BrIN4S. The molecule has 1 aromatic carbocycles. The number of aliphatic imine (C=N–C) groups is 1. The highest BCUT2D eigenvalue weighted by Crippen LogP contribution is 2.25. The summed E-state index contributed by atoms with van der Waals surface area (Å²) in [4.78, 5) is 9.31. The van der Waals surface area contributed by atoms with Crippen molar-refractivity contribution in [1.82, 2.24) is 4.90 Å². The third-order valence-electron chi connectivity index (χ3n) is 4.32. The maximum absolute atomic E-state index is 6.14. The highest BCUT2D eigenvalue weighted by Gasteiger charge is 2.23. The van der Waals surface area contributed by atoms with Gasteiger partial charge in [-0.1, -0.05) is 15.9 Å². The number of guanidine groups is 1. The Morgan fingerprint density at radius 3 is 2.61 bits per heavy atom. The Labute approximate surface area is 168 Å².